The van der Waals surface area contributed by atoms with E-state index < -0.39 is 5.97 Å². The lowest BCUT2D eigenvalue weighted by Crippen LogP contribution is -2.30. The molecule has 1 amide bonds. The number of carbonyl (C=O) groups excluding carboxylic acids is 1. The number of hydrazine groups is 1. The van der Waals surface area contributed by atoms with Gasteiger partial charge < -0.3 is 15.4 Å². The number of carboxylic acid groups (broad SMARTS) is 1. The number of anilines is 1. The molecule has 2 rings (SSSR count). The standard InChI is InChI=1S/C24H29N3O3/c1-17(2)22(15-24(29)30)18(3)27(25)16-20-9-12-21(13-10-20)26-23(28)14-11-19-7-5-4-6-8-19/h4-10,12-13H,1,11,14-16,25H2,2-3H3,(H,26,28)(H,29,30)/b22-18-. The molecule has 0 aromatic heterocycles. The van der Waals surface area contributed by atoms with Crippen LogP contribution in [-0.2, 0) is 22.6 Å². The summed E-state index contributed by atoms with van der Waals surface area (Å²) < 4.78 is 0. The van der Waals surface area contributed by atoms with Gasteiger partial charge in [0.15, 0.2) is 0 Å². The highest BCUT2D eigenvalue weighted by atomic mass is 16.4. The molecule has 0 spiro atoms. The molecule has 0 fully saturated rings. The van der Waals surface area contributed by atoms with Gasteiger partial charge in [-0.05, 0) is 49.1 Å². The highest BCUT2D eigenvalue weighted by Crippen LogP contribution is 2.20. The molecule has 6 heteroatoms. The highest BCUT2D eigenvalue weighted by Gasteiger charge is 2.13. The first-order valence-electron chi connectivity index (χ1n) is 9.78. The van der Waals surface area contributed by atoms with Crippen LogP contribution in [0.1, 0.15) is 37.8 Å². The van der Waals surface area contributed by atoms with Crippen LogP contribution in [0.2, 0.25) is 0 Å². The van der Waals surface area contributed by atoms with E-state index in [1.165, 1.54) is 5.01 Å². The molecule has 0 radical (unpaired) electrons. The molecule has 4 N–H and O–H groups in total. The van der Waals surface area contributed by atoms with E-state index in [1.54, 1.807) is 13.8 Å². The second-order valence-electron chi connectivity index (χ2n) is 7.27. The Morgan fingerprint density at radius 3 is 2.23 bits per heavy atom. The summed E-state index contributed by atoms with van der Waals surface area (Å²) in [7, 11) is 0. The second-order valence-corrected chi connectivity index (χ2v) is 7.27. The molecular weight excluding hydrogens is 378 g/mol. The minimum Gasteiger partial charge on any atom is -0.481 e. The molecule has 2 aromatic carbocycles. The van der Waals surface area contributed by atoms with Gasteiger partial charge in [-0.1, -0.05) is 54.6 Å². The van der Waals surface area contributed by atoms with Gasteiger partial charge in [-0.3, -0.25) is 9.59 Å². The van der Waals surface area contributed by atoms with Crippen LogP contribution in [0.4, 0.5) is 5.69 Å². The minimum atomic E-state index is -0.923. The molecule has 0 aliphatic rings. The van der Waals surface area contributed by atoms with Gasteiger partial charge in [0.05, 0.1) is 13.0 Å². The zero-order valence-electron chi connectivity index (χ0n) is 17.5. The molecule has 0 bridgehead atoms. The van der Waals surface area contributed by atoms with Crippen LogP contribution in [-0.4, -0.2) is 22.0 Å². The highest BCUT2D eigenvalue weighted by molar-refractivity contribution is 5.90. The predicted molar refractivity (Wildman–Crippen MR) is 119 cm³/mol. The molecule has 0 unspecified atom stereocenters. The van der Waals surface area contributed by atoms with Gasteiger partial charge in [-0.15, -0.1) is 0 Å². The van der Waals surface area contributed by atoms with Crippen LogP contribution < -0.4 is 11.2 Å². The molecule has 0 saturated carbocycles. The first-order chi connectivity index (χ1) is 14.3. The van der Waals surface area contributed by atoms with Gasteiger partial charge in [-0.2, -0.15) is 0 Å². The third kappa shape index (κ3) is 7.22. The third-order valence-electron chi connectivity index (χ3n) is 4.78. The number of rotatable bonds is 10. The van der Waals surface area contributed by atoms with E-state index in [2.05, 4.69) is 11.9 Å². The van der Waals surface area contributed by atoms with Gasteiger partial charge in [0.25, 0.3) is 0 Å². The van der Waals surface area contributed by atoms with Crippen molar-refractivity contribution in [1.82, 2.24) is 5.01 Å². The summed E-state index contributed by atoms with van der Waals surface area (Å²) in [5.74, 6) is 5.19. The Bertz CT molecular complexity index is 918. The number of aryl methyl sites for hydroxylation is 1. The van der Waals surface area contributed by atoms with Gasteiger partial charge >= 0.3 is 5.97 Å². The zero-order valence-corrected chi connectivity index (χ0v) is 17.5. The third-order valence-corrected chi connectivity index (χ3v) is 4.78. The summed E-state index contributed by atoms with van der Waals surface area (Å²) in [5.41, 5.74) is 4.76. The number of nitrogens with two attached hydrogens (primary N) is 1. The van der Waals surface area contributed by atoms with Crippen LogP contribution in [0.3, 0.4) is 0 Å². The van der Waals surface area contributed by atoms with Gasteiger partial charge in [-0.25, -0.2) is 5.84 Å². The number of nitrogens with one attached hydrogen (secondary N) is 1. The molecular formula is C24H29N3O3. The largest absolute Gasteiger partial charge is 0.481 e. The van der Waals surface area contributed by atoms with Crippen molar-refractivity contribution in [1.29, 1.82) is 0 Å². The van der Waals surface area contributed by atoms with Crippen LogP contribution in [0.5, 0.6) is 0 Å². The molecule has 0 aliphatic heterocycles. The molecule has 30 heavy (non-hydrogen) atoms. The predicted octanol–water partition coefficient (Wildman–Crippen LogP) is 4.26. The van der Waals surface area contributed by atoms with Crippen molar-refractivity contribution in [2.24, 2.45) is 5.84 Å². The summed E-state index contributed by atoms with van der Waals surface area (Å²) in [6, 6.07) is 17.3. The number of hydrogen-bond donors (Lipinski definition) is 3. The van der Waals surface area contributed by atoms with Crippen LogP contribution >= 0.6 is 0 Å². The van der Waals surface area contributed by atoms with Crippen molar-refractivity contribution in [3.8, 4) is 0 Å². The van der Waals surface area contributed by atoms with E-state index in [9.17, 15) is 9.59 Å². The maximum Gasteiger partial charge on any atom is 0.307 e. The number of benzene rings is 2. The maximum atomic E-state index is 12.2. The van der Waals surface area contributed by atoms with Crippen molar-refractivity contribution < 1.29 is 14.7 Å². The van der Waals surface area contributed by atoms with E-state index >= 15 is 0 Å². The number of carboxylic acids is 1. The Kier molecular flexibility index (Phi) is 8.38. The molecule has 6 nitrogen and oxygen atoms in total. The van der Waals surface area contributed by atoms with Gasteiger partial charge in [0, 0.05) is 17.8 Å². The Hall–Kier alpha value is -3.38. The van der Waals surface area contributed by atoms with Crippen molar-refractivity contribution in [3.05, 3.63) is 89.1 Å². The lowest BCUT2D eigenvalue weighted by atomic mass is 10.0. The first kappa shape index (κ1) is 22.9. The monoisotopic (exact) mass is 407 g/mol. The summed E-state index contributed by atoms with van der Waals surface area (Å²) in [6.45, 7) is 7.81. The lowest BCUT2D eigenvalue weighted by molar-refractivity contribution is -0.136. The van der Waals surface area contributed by atoms with Crippen LogP contribution in [0.15, 0.2) is 78.0 Å². The average Bonchev–Trinajstić information content (AvgIpc) is 2.72. The zero-order chi connectivity index (χ0) is 22.1. The molecule has 0 aliphatic carbocycles. The SMILES string of the molecule is C=C(C)/C(CC(=O)O)=C(/C)N(N)Cc1ccc(NC(=O)CCc2ccccc2)cc1. The van der Waals surface area contributed by atoms with Crippen LogP contribution in [0, 0.1) is 0 Å². The summed E-state index contributed by atoms with van der Waals surface area (Å²) >= 11 is 0. The fourth-order valence-electron chi connectivity index (χ4n) is 3.05. The summed E-state index contributed by atoms with van der Waals surface area (Å²) in [6.07, 6.45) is 0.988. The number of aliphatic carboxylic acids is 1. The average molecular weight is 408 g/mol. The van der Waals surface area contributed by atoms with Crippen molar-refractivity contribution in [3.63, 3.8) is 0 Å². The Morgan fingerprint density at radius 2 is 1.67 bits per heavy atom. The van der Waals surface area contributed by atoms with E-state index in [0.29, 0.717) is 36.2 Å². The normalized spacial score (nSPS) is 11.4. The summed E-state index contributed by atoms with van der Waals surface area (Å²) in [4.78, 5) is 23.2. The van der Waals surface area contributed by atoms with Crippen molar-refractivity contribution in [2.45, 2.75) is 39.7 Å². The van der Waals surface area contributed by atoms with E-state index in [-0.39, 0.29) is 12.3 Å². The number of hydrogen-bond acceptors (Lipinski definition) is 4. The Morgan fingerprint density at radius 1 is 1.03 bits per heavy atom. The smallest absolute Gasteiger partial charge is 0.307 e. The second kappa shape index (κ2) is 11.0. The van der Waals surface area contributed by atoms with Gasteiger partial charge in [0.2, 0.25) is 5.91 Å². The van der Waals surface area contributed by atoms with Crippen LogP contribution in [0.25, 0.3) is 0 Å². The van der Waals surface area contributed by atoms with Crippen molar-refractivity contribution in [2.75, 3.05) is 5.32 Å². The van der Waals surface area contributed by atoms with E-state index in [4.69, 9.17) is 10.9 Å². The van der Waals surface area contributed by atoms with Gasteiger partial charge in [0.1, 0.15) is 0 Å². The molecule has 0 atom stereocenters. The number of allylic oxidation sites excluding steroid dienone is 2. The molecule has 2 aromatic rings. The lowest BCUT2D eigenvalue weighted by Gasteiger charge is -2.23. The first-order valence-corrected chi connectivity index (χ1v) is 9.78. The fourth-order valence-corrected chi connectivity index (χ4v) is 3.05. The van der Waals surface area contributed by atoms with Crippen molar-refractivity contribution >= 4 is 17.6 Å². The maximum absolute atomic E-state index is 12.2. The number of carbonyl (C=O) groups is 2. The Balaban J connectivity index is 1.94. The molecule has 158 valence electrons. The quantitative estimate of drug-likeness (QED) is 0.311. The molecule has 0 heterocycles. The molecule has 0 saturated heterocycles. The number of nitrogens with zero attached hydrogens (tertiary/aromatic N) is 1. The van der Waals surface area contributed by atoms with E-state index in [1.807, 2.05) is 54.6 Å². The van der Waals surface area contributed by atoms with E-state index in [0.717, 1.165) is 16.8 Å². The topological polar surface area (TPSA) is 95.7 Å². The summed E-state index contributed by atoms with van der Waals surface area (Å²) in [5, 5.41) is 13.5. The Labute approximate surface area is 177 Å². The minimum absolute atomic E-state index is 0.0365. The number of amides is 1. The fraction of sp³-hybridized carbons (Fsp3) is 0.250.